The van der Waals surface area contributed by atoms with Crippen LogP contribution in [0.5, 0.6) is 17.2 Å². The van der Waals surface area contributed by atoms with Gasteiger partial charge in [-0.2, -0.15) is 8.78 Å². The summed E-state index contributed by atoms with van der Waals surface area (Å²) in [6, 6.07) is 5.54. The quantitative estimate of drug-likeness (QED) is 0.395. The van der Waals surface area contributed by atoms with Crippen LogP contribution in [0.15, 0.2) is 24.3 Å². The van der Waals surface area contributed by atoms with Crippen molar-refractivity contribution in [3.05, 3.63) is 53.4 Å². The van der Waals surface area contributed by atoms with Crippen LogP contribution in [-0.2, 0) is 0 Å². The van der Waals surface area contributed by atoms with Crippen molar-refractivity contribution in [1.29, 1.82) is 0 Å². The molecule has 2 rings (SSSR count). The molecule has 1 N–H and O–H groups in total. The van der Waals surface area contributed by atoms with Crippen molar-refractivity contribution < 1.29 is 41.0 Å². The molecule has 10 heteroatoms. The van der Waals surface area contributed by atoms with Crippen molar-refractivity contribution in [1.82, 2.24) is 0 Å². The molecule has 0 unspecified atom stereocenters. The van der Waals surface area contributed by atoms with Gasteiger partial charge in [0, 0.05) is 0 Å². The highest BCUT2D eigenvalue weighted by Gasteiger charge is 2.32. The van der Waals surface area contributed by atoms with E-state index >= 15 is 0 Å². The van der Waals surface area contributed by atoms with Gasteiger partial charge in [-0.15, -0.1) is 0 Å². The van der Waals surface area contributed by atoms with Crippen LogP contribution in [0.1, 0.15) is 0 Å². The maximum atomic E-state index is 13.4. The van der Waals surface area contributed by atoms with Crippen molar-refractivity contribution in [3.63, 3.8) is 0 Å². The Labute approximate surface area is 127 Å². The number of hydrogen-bond donors (Lipinski definition) is 1. The van der Waals surface area contributed by atoms with Gasteiger partial charge in [0.25, 0.3) is 0 Å². The molecule has 23 heavy (non-hydrogen) atoms. The molecule has 122 valence electrons. The van der Waals surface area contributed by atoms with E-state index in [1.165, 1.54) is 31.4 Å². The molecule has 0 saturated heterocycles. The summed E-state index contributed by atoms with van der Waals surface area (Å²) in [6.07, 6.45) is 0. The predicted octanol–water partition coefficient (Wildman–Crippen LogP) is 2.83. The third kappa shape index (κ3) is 3.47. The predicted molar refractivity (Wildman–Crippen MR) is 68.5 cm³/mol. The lowest BCUT2D eigenvalue weighted by molar-refractivity contribution is 0.270. The van der Waals surface area contributed by atoms with E-state index in [-0.39, 0.29) is 5.75 Å². The molecule has 0 amide bonds. The van der Waals surface area contributed by atoms with Crippen molar-refractivity contribution in [2.45, 2.75) is 0 Å². The van der Waals surface area contributed by atoms with Crippen LogP contribution in [0.3, 0.4) is 0 Å². The van der Waals surface area contributed by atoms with E-state index in [4.69, 9.17) is 9.39 Å². The minimum Gasteiger partial charge on any atom is -0.501 e. The SMILES string of the molecule is COc1ccc(OB(O)Oc2c(F)c(F)c(F)c(F)c2F)cc1. The lowest BCUT2D eigenvalue weighted by Gasteiger charge is -2.13. The Kier molecular flexibility index (Phi) is 4.94. The van der Waals surface area contributed by atoms with Gasteiger partial charge < -0.3 is 19.1 Å². The van der Waals surface area contributed by atoms with Gasteiger partial charge in [-0.05, 0) is 24.3 Å². The topological polar surface area (TPSA) is 47.9 Å². The molecule has 0 fully saturated rings. The van der Waals surface area contributed by atoms with Crippen LogP contribution in [0, 0.1) is 29.1 Å². The fourth-order valence-electron chi connectivity index (χ4n) is 1.58. The molecule has 4 nitrogen and oxygen atoms in total. The lowest BCUT2D eigenvalue weighted by atomic mass is 10.2. The van der Waals surface area contributed by atoms with Gasteiger partial charge in [-0.25, -0.2) is 13.2 Å². The molecule has 0 spiro atoms. The minimum atomic E-state index is -2.34. The summed E-state index contributed by atoms with van der Waals surface area (Å²) in [5.41, 5.74) is 0. The largest absolute Gasteiger partial charge is 0.785 e. The maximum absolute atomic E-state index is 13.4. The standard InChI is InChI=1S/C13H8BF5O4/c1-21-6-2-4-7(5-3-6)22-14(20)23-13-11(18)9(16)8(15)10(17)12(13)19/h2-5,20H,1H3. The van der Waals surface area contributed by atoms with Crippen LogP contribution >= 0.6 is 0 Å². The third-order valence-corrected chi connectivity index (χ3v) is 2.68. The number of rotatable bonds is 5. The molecule has 0 atom stereocenters. The molecule has 0 aliphatic rings. The number of ether oxygens (including phenoxy) is 1. The molecule has 0 bridgehead atoms. The fourth-order valence-corrected chi connectivity index (χ4v) is 1.58. The van der Waals surface area contributed by atoms with E-state index in [9.17, 15) is 27.0 Å². The Balaban J connectivity index is 2.18. The van der Waals surface area contributed by atoms with Crippen LogP contribution in [-0.4, -0.2) is 19.5 Å². The van der Waals surface area contributed by atoms with Gasteiger partial charge in [0.15, 0.2) is 5.75 Å². The highest BCUT2D eigenvalue weighted by molar-refractivity contribution is 6.36. The summed E-state index contributed by atoms with van der Waals surface area (Å²) in [7, 11) is -0.895. The second kappa shape index (κ2) is 6.74. The summed E-state index contributed by atoms with van der Waals surface area (Å²) >= 11 is 0. The zero-order chi connectivity index (χ0) is 17.1. The van der Waals surface area contributed by atoms with E-state index in [0.29, 0.717) is 5.75 Å². The highest BCUT2D eigenvalue weighted by atomic mass is 19.2. The number of halogens is 5. The summed E-state index contributed by atoms with van der Waals surface area (Å²) in [6.45, 7) is 0. The molecule has 0 aromatic heterocycles. The summed E-state index contributed by atoms with van der Waals surface area (Å²) in [5.74, 6) is -12.4. The second-order valence-corrected chi connectivity index (χ2v) is 4.12. The van der Waals surface area contributed by atoms with Gasteiger partial charge in [0.05, 0.1) is 7.11 Å². The third-order valence-electron chi connectivity index (χ3n) is 2.68. The highest BCUT2D eigenvalue weighted by Crippen LogP contribution is 2.29. The Morgan fingerprint density at radius 2 is 1.17 bits per heavy atom. The first-order valence-corrected chi connectivity index (χ1v) is 6.02. The second-order valence-electron chi connectivity index (χ2n) is 4.12. The van der Waals surface area contributed by atoms with Gasteiger partial charge in [0.1, 0.15) is 11.5 Å². The van der Waals surface area contributed by atoms with Gasteiger partial charge in [0.2, 0.25) is 29.1 Å². The van der Waals surface area contributed by atoms with Crippen LogP contribution < -0.4 is 14.0 Å². The van der Waals surface area contributed by atoms with E-state index in [1.807, 2.05) is 0 Å². The molecule has 0 saturated carbocycles. The van der Waals surface area contributed by atoms with Gasteiger partial charge in [-0.1, -0.05) is 0 Å². The first-order chi connectivity index (χ1) is 10.8. The average molecular weight is 334 g/mol. The molecule has 0 heterocycles. The average Bonchev–Trinajstić information content (AvgIpc) is 2.56. The van der Waals surface area contributed by atoms with Crippen molar-refractivity contribution in [2.24, 2.45) is 0 Å². The van der Waals surface area contributed by atoms with Crippen molar-refractivity contribution in [3.8, 4) is 17.2 Å². The molecular formula is C13H8BF5O4. The Morgan fingerprint density at radius 1 is 0.739 bits per heavy atom. The van der Waals surface area contributed by atoms with Crippen molar-refractivity contribution in [2.75, 3.05) is 7.11 Å². The summed E-state index contributed by atoms with van der Waals surface area (Å²) < 4.78 is 79.5. The van der Waals surface area contributed by atoms with E-state index < -0.39 is 42.2 Å². The van der Waals surface area contributed by atoms with Crippen LogP contribution in [0.25, 0.3) is 0 Å². The van der Waals surface area contributed by atoms with Gasteiger partial charge >= 0.3 is 7.32 Å². The molecule has 0 aliphatic heterocycles. The minimum absolute atomic E-state index is 0.00201. The van der Waals surface area contributed by atoms with E-state index in [0.717, 1.165) is 0 Å². The number of hydrogen-bond acceptors (Lipinski definition) is 4. The smallest absolute Gasteiger partial charge is 0.501 e. The zero-order valence-corrected chi connectivity index (χ0v) is 11.4. The molecule has 2 aromatic rings. The summed E-state index contributed by atoms with van der Waals surface area (Å²) in [5, 5.41) is 9.43. The number of methoxy groups -OCH3 is 1. The molecule has 0 aliphatic carbocycles. The lowest BCUT2D eigenvalue weighted by Crippen LogP contribution is -2.31. The Morgan fingerprint density at radius 3 is 1.65 bits per heavy atom. The van der Waals surface area contributed by atoms with E-state index in [2.05, 4.69) is 4.65 Å². The van der Waals surface area contributed by atoms with Crippen LogP contribution in [0.2, 0.25) is 0 Å². The first kappa shape index (κ1) is 16.9. The Bertz CT molecular complexity index is 681. The van der Waals surface area contributed by atoms with Crippen molar-refractivity contribution >= 4 is 7.32 Å². The molecular weight excluding hydrogens is 326 g/mol. The monoisotopic (exact) mass is 334 g/mol. The first-order valence-electron chi connectivity index (χ1n) is 6.02. The fraction of sp³-hybridized carbons (Fsp3) is 0.0769. The zero-order valence-electron chi connectivity index (χ0n) is 11.4. The Hall–Kier alpha value is -2.49. The summed E-state index contributed by atoms with van der Waals surface area (Å²) in [4.78, 5) is 0. The van der Waals surface area contributed by atoms with Gasteiger partial charge in [-0.3, -0.25) is 0 Å². The van der Waals surface area contributed by atoms with E-state index in [1.54, 1.807) is 0 Å². The molecule has 2 aromatic carbocycles. The molecule has 0 radical (unpaired) electrons. The normalized spacial score (nSPS) is 10.4. The van der Waals surface area contributed by atoms with Crippen LogP contribution in [0.4, 0.5) is 22.0 Å². The maximum Gasteiger partial charge on any atom is 0.785 e. The number of benzene rings is 2.